The molecular formula is C25H41N5O2. The molecule has 7 nitrogen and oxygen atoms in total. The van der Waals surface area contributed by atoms with Crippen molar-refractivity contribution in [2.45, 2.75) is 84.0 Å². The second kappa shape index (κ2) is 11.3. The summed E-state index contributed by atoms with van der Waals surface area (Å²) in [5, 5.41) is 0. The number of nitrogens with two attached hydrogens (primary N) is 1. The number of nitrogen functional groups attached to an aromatic ring is 1. The second-order valence-corrected chi connectivity index (χ2v) is 10.0. The molecule has 32 heavy (non-hydrogen) atoms. The van der Waals surface area contributed by atoms with E-state index in [4.69, 9.17) is 10.5 Å². The van der Waals surface area contributed by atoms with E-state index in [1.165, 1.54) is 64.6 Å². The summed E-state index contributed by atoms with van der Waals surface area (Å²) in [6, 6.07) is 0.291. The summed E-state index contributed by atoms with van der Waals surface area (Å²) in [6.45, 7) is 7.27. The molecule has 3 heterocycles. The third kappa shape index (κ3) is 5.91. The zero-order valence-corrected chi connectivity index (χ0v) is 19.9. The molecule has 1 saturated carbocycles. The van der Waals surface area contributed by atoms with Crippen LogP contribution >= 0.6 is 0 Å². The highest BCUT2D eigenvalue weighted by molar-refractivity contribution is 6.01. The number of aromatic nitrogens is 2. The van der Waals surface area contributed by atoms with Gasteiger partial charge in [-0.3, -0.25) is 9.69 Å². The number of carbonyl (C=O) groups excluding carboxylic acids is 1. The van der Waals surface area contributed by atoms with Crippen LogP contribution in [0.1, 0.15) is 83.1 Å². The van der Waals surface area contributed by atoms with Crippen molar-refractivity contribution in [3.63, 3.8) is 0 Å². The van der Waals surface area contributed by atoms with Gasteiger partial charge < -0.3 is 15.4 Å². The van der Waals surface area contributed by atoms with Crippen molar-refractivity contribution in [2.24, 2.45) is 11.8 Å². The Kier molecular flexibility index (Phi) is 8.22. The average molecular weight is 444 g/mol. The fourth-order valence-electron chi connectivity index (χ4n) is 5.55. The number of amides is 1. The summed E-state index contributed by atoms with van der Waals surface area (Å²) in [6.07, 6.45) is 14.2. The summed E-state index contributed by atoms with van der Waals surface area (Å²) in [5.74, 6) is 2.92. The molecule has 0 spiro atoms. The highest BCUT2D eigenvalue weighted by atomic mass is 16.5. The van der Waals surface area contributed by atoms with Crippen LogP contribution in [0.5, 0.6) is 6.01 Å². The molecule has 2 N–H and O–H groups in total. The molecule has 3 aliphatic rings. The van der Waals surface area contributed by atoms with E-state index in [-0.39, 0.29) is 5.91 Å². The Bertz CT molecular complexity index is 757. The van der Waals surface area contributed by atoms with Gasteiger partial charge in [0.05, 0.1) is 13.0 Å². The van der Waals surface area contributed by atoms with Crippen molar-refractivity contribution < 1.29 is 9.53 Å². The lowest BCUT2D eigenvalue weighted by atomic mass is 9.91. The number of nitrogens with zero attached hydrogens (tertiary/aromatic N) is 4. The van der Waals surface area contributed by atoms with E-state index in [9.17, 15) is 4.79 Å². The number of piperidine rings is 1. The minimum atomic E-state index is 0.0759. The molecule has 1 aromatic rings. The van der Waals surface area contributed by atoms with Crippen molar-refractivity contribution in [2.75, 3.05) is 43.4 Å². The summed E-state index contributed by atoms with van der Waals surface area (Å²) < 4.78 is 5.65. The predicted octanol–water partition coefficient (Wildman–Crippen LogP) is 4.20. The zero-order chi connectivity index (χ0) is 22.3. The van der Waals surface area contributed by atoms with Crippen molar-refractivity contribution in [3.05, 3.63) is 5.56 Å². The predicted molar refractivity (Wildman–Crippen MR) is 128 cm³/mol. The van der Waals surface area contributed by atoms with Crippen molar-refractivity contribution in [3.8, 4) is 6.01 Å². The smallest absolute Gasteiger partial charge is 0.320 e. The molecular weight excluding hydrogens is 402 g/mol. The average Bonchev–Trinajstić information content (AvgIpc) is 3.41. The van der Waals surface area contributed by atoms with Gasteiger partial charge in [0.2, 0.25) is 5.91 Å². The molecule has 1 amide bonds. The summed E-state index contributed by atoms with van der Waals surface area (Å²) in [5.41, 5.74) is 6.86. The second-order valence-electron chi connectivity index (χ2n) is 10.0. The largest absolute Gasteiger partial charge is 0.463 e. The number of ether oxygens (including phenoxy) is 1. The van der Waals surface area contributed by atoms with E-state index in [2.05, 4.69) is 21.8 Å². The van der Waals surface area contributed by atoms with E-state index in [0.717, 1.165) is 43.1 Å². The number of fused-ring (bicyclic) bond motifs is 1. The van der Waals surface area contributed by atoms with Gasteiger partial charge in [-0.1, -0.05) is 39.0 Å². The Balaban J connectivity index is 1.20. The van der Waals surface area contributed by atoms with E-state index in [1.54, 1.807) is 4.90 Å². The molecule has 7 heteroatoms. The van der Waals surface area contributed by atoms with Gasteiger partial charge >= 0.3 is 6.01 Å². The van der Waals surface area contributed by atoms with Crippen LogP contribution in [-0.2, 0) is 11.2 Å². The molecule has 1 aliphatic carbocycles. The number of likely N-dealkylation sites (tertiary alicyclic amines) is 1. The van der Waals surface area contributed by atoms with Gasteiger partial charge in [-0.15, -0.1) is 0 Å². The fraction of sp³-hybridized carbons (Fsp3) is 0.800. The third-order valence-electron chi connectivity index (χ3n) is 7.55. The minimum Gasteiger partial charge on any atom is -0.463 e. The lowest BCUT2D eigenvalue weighted by molar-refractivity contribution is -0.117. The van der Waals surface area contributed by atoms with Gasteiger partial charge in [0.25, 0.3) is 0 Å². The third-order valence-corrected chi connectivity index (χ3v) is 7.55. The summed E-state index contributed by atoms with van der Waals surface area (Å²) in [7, 11) is 0. The van der Waals surface area contributed by atoms with E-state index < -0.39 is 0 Å². The first kappa shape index (κ1) is 23.3. The van der Waals surface area contributed by atoms with Crippen LogP contribution < -0.4 is 15.4 Å². The van der Waals surface area contributed by atoms with Crippen LogP contribution in [0.4, 0.5) is 11.6 Å². The van der Waals surface area contributed by atoms with Gasteiger partial charge in [0.15, 0.2) is 0 Å². The molecule has 0 unspecified atom stereocenters. The van der Waals surface area contributed by atoms with Crippen LogP contribution in [0, 0.1) is 11.8 Å². The molecule has 0 bridgehead atoms. The molecule has 2 aliphatic heterocycles. The van der Waals surface area contributed by atoms with Gasteiger partial charge in [0.1, 0.15) is 11.6 Å². The molecule has 0 atom stereocenters. The quantitative estimate of drug-likeness (QED) is 0.516. The number of rotatable bonds is 11. The van der Waals surface area contributed by atoms with Crippen molar-refractivity contribution in [1.82, 2.24) is 14.9 Å². The highest BCUT2D eigenvalue weighted by Crippen LogP contribution is 2.33. The Morgan fingerprint density at radius 2 is 1.81 bits per heavy atom. The maximum absolute atomic E-state index is 12.6. The molecule has 4 rings (SSSR count). The monoisotopic (exact) mass is 443 g/mol. The Morgan fingerprint density at radius 1 is 1.03 bits per heavy atom. The number of hydrogen-bond acceptors (Lipinski definition) is 6. The Labute approximate surface area is 193 Å². The fourth-order valence-corrected chi connectivity index (χ4v) is 5.55. The van der Waals surface area contributed by atoms with Crippen molar-refractivity contribution in [1.29, 1.82) is 0 Å². The van der Waals surface area contributed by atoms with E-state index in [1.807, 2.05) is 0 Å². The van der Waals surface area contributed by atoms with E-state index in [0.29, 0.717) is 37.2 Å². The lowest BCUT2D eigenvalue weighted by Crippen LogP contribution is -2.36. The highest BCUT2D eigenvalue weighted by Gasteiger charge is 2.32. The maximum Gasteiger partial charge on any atom is 0.320 e. The first-order valence-corrected chi connectivity index (χ1v) is 13.0. The van der Waals surface area contributed by atoms with E-state index >= 15 is 0 Å². The first-order valence-electron chi connectivity index (χ1n) is 13.0. The van der Waals surface area contributed by atoms with Crippen LogP contribution in [-0.4, -0.2) is 53.6 Å². The molecule has 178 valence electrons. The first-order chi connectivity index (χ1) is 15.6. The Morgan fingerprint density at radius 3 is 2.56 bits per heavy atom. The topological polar surface area (TPSA) is 84.6 Å². The molecule has 0 aromatic carbocycles. The lowest BCUT2D eigenvalue weighted by Gasteiger charge is -2.33. The van der Waals surface area contributed by atoms with Gasteiger partial charge in [-0.05, 0) is 63.5 Å². The summed E-state index contributed by atoms with van der Waals surface area (Å²) in [4.78, 5) is 25.9. The normalized spacial score (nSPS) is 20.3. The van der Waals surface area contributed by atoms with Crippen LogP contribution in [0.25, 0.3) is 0 Å². The Hall–Kier alpha value is -1.89. The molecule has 1 saturated heterocycles. The number of carbonyl (C=O) groups is 1. The van der Waals surface area contributed by atoms with Crippen molar-refractivity contribution >= 4 is 17.5 Å². The van der Waals surface area contributed by atoms with Crippen LogP contribution in [0.2, 0.25) is 0 Å². The van der Waals surface area contributed by atoms with Gasteiger partial charge in [0, 0.05) is 18.7 Å². The number of hydrogen-bond donors (Lipinski definition) is 1. The van der Waals surface area contributed by atoms with Gasteiger partial charge in [-0.2, -0.15) is 9.97 Å². The molecule has 2 fully saturated rings. The number of unbranched alkanes of at least 4 members (excludes halogenated alkanes) is 2. The zero-order valence-electron chi connectivity index (χ0n) is 19.9. The standard InChI is InChI=1S/C25H41N5O2/c1-2-3-16-32-25-27-23(26)21-17-22(31)30(24(21)28-25)13-7-6-8-19-11-14-29(15-12-19)18-20-9-4-5-10-20/h19-20H,2-18H2,1H3,(H2,26,27,28). The van der Waals surface area contributed by atoms with Crippen LogP contribution in [0.15, 0.2) is 0 Å². The SMILES string of the molecule is CCCCOc1nc(N)c2c(n1)N(CCCCC1CCN(CC3CCCC3)CC1)C(=O)C2. The number of anilines is 2. The minimum absolute atomic E-state index is 0.0759. The van der Waals surface area contributed by atoms with Crippen LogP contribution in [0.3, 0.4) is 0 Å². The molecule has 1 aromatic heterocycles. The summed E-state index contributed by atoms with van der Waals surface area (Å²) >= 11 is 0. The van der Waals surface area contributed by atoms with Gasteiger partial charge in [-0.25, -0.2) is 0 Å². The molecule has 0 radical (unpaired) electrons. The maximum atomic E-state index is 12.6.